The van der Waals surface area contributed by atoms with Gasteiger partial charge in [0.1, 0.15) is 5.82 Å². The van der Waals surface area contributed by atoms with Crippen LogP contribution in [0, 0.1) is 5.82 Å². The Morgan fingerprint density at radius 3 is 2.65 bits per heavy atom. The van der Waals surface area contributed by atoms with Crippen LogP contribution in [0.2, 0.25) is 0 Å². The first-order valence-corrected chi connectivity index (χ1v) is 8.02. The summed E-state index contributed by atoms with van der Waals surface area (Å²) >= 11 is 0. The van der Waals surface area contributed by atoms with E-state index in [9.17, 15) is 9.18 Å². The monoisotopic (exact) mass is 312 g/mol. The van der Waals surface area contributed by atoms with Crippen molar-refractivity contribution in [2.75, 3.05) is 29.9 Å². The second-order valence-electron chi connectivity index (χ2n) is 5.87. The highest BCUT2D eigenvalue weighted by Crippen LogP contribution is 2.31. The minimum Gasteiger partial charge on any atom is -0.375 e. The fourth-order valence-corrected chi connectivity index (χ4v) is 3.00. The Bertz CT molecular complexity index is 712. The molecule has 1 amide bonds. The van der Waals surface area contributed by atoms with Gasteiger partial charge in [-0.25, -0.2) is 4.39 Å². The minimum atomic E-state index is -0.321. The third kappa shape index (κ3) is 2.93. The zero-order valence-corrected chi connectivity index (χ0v) is 13.6. The molecule has 0 radical (unpaired) electrons. The van der Waals surface area contributed by atoms with Crippen LogP contribution in [0.1, 0.15) is 29.3 Å². The molecule has 2 aromatic carbocycles. The van der Waals surface area contributed by atoms with Crippen molar-refractivity contribution < 1.29 is 9.18 Å². The van der Waals surface area contributed by atoms with Gasteiger partial charge in [-0.3, -0.25) is 4.79 Å². The fourth-order valence-electron chi connectivity index (χ4n) is 3.00. The summed E-state index contributed by atoms with van der Waals surface area (Å²) in [5.41, 5.74) is 3.01. The van der Waals surface area contributed by atoms with E-state index in [-0.39, 0.29) is 11.7 Å². The van der Waals surface area contributed by atoms with Gasteiger partial charge in [-0.05, 0) is 55.7 Å². The highest BCUT2D eigenvalue weighted by atomic mass is 19.1. The van der Waals surface area contributed by atoms with E-state index in [0.717, 1.165) is 30.6 Å². The van der Waals surface area contributed by atoms with Crippen molar-refractivity contribution in [2.45, 2.75) is 19.8 Å². The highest BCUT2D eigenvalue weighted by Gasteiger charge is 2.26. The fraction of sp³-hybridized carbons (Fsp3) is 0.316. The summed E-state index contributed by atoms with van der Waals surface area (Å²) in [4.78, 5) is 16.5. The summed E-state index contributed by atoms with van der Waals surface area (Å²) in [6, 6.07) is 12.5. The molecule has 0 atom stereocenters. The standard InChI is InChI=1S/C19H21FN2O/c1-3-21(2)16-11-9-15(10-12-16)19(23)22-13-5-7-14-6-4-8-17(20)18(14)22/h4,6,8-12H,3,5,7,13H2,1-2H3. The van der Waals surface area contributed by atoms with Gasteiger partial charge in [0.15, 0.2) is 0 Å². The number of anilines is 2. The van der Waals surface area contributed by atoms with Gasteiger partial charge in [0.2, 0.25) is 0 Å². The molecule has 0 bridgehead atoms. The molecule has 1 aliphatic heterocycles. The van der Waals surface area contributed by atoms with Crippen LogP contribution in [0.25, 0.3) is 0 Å². The maximum atomic E-state index is 14.2. The summed E-state index contributed by atoms with van der Waals surface area (Å²) in [5.74, 6) is -0.459. The van der Waals surface area contributed by atoms with Crippen LogP contribution in [0.3, 0.4) is 0 Å². The van der Waals surface area contributed by atoms with Crippen molar-refractivity contribution in [3.8, 4) is 0 Å². The molecule has 3 nitrogen and oxygen atoms in total. The number of amides is 1. The van der Waals surface area contributed by atoms with Crippen LogP contribution in [0.4, 0.5) is 15.8 Å². The zero-order chi connectivity index (χ0) is 16.4. The largest absolute Gasteiger partial charge is 0.375 e. The smallest absolute Gasteiger partial charge is 0.258 e. The molecule has 0 unspecified atom stereocenters. The average molecular weight is 312 g/mol. The Morgan fingerprint density at radius 1 is 1.22 bits per heavy atom. The van der Waals surface area contributed by atoms with Crippen molar-refractivity contribution in [3.05, 3.63) is 59.4 Å². The Balaban J connectivity index is 1.90. The van der Waals surface area contributed by atoms with E-state index in [2.05, 4.69) is 11.8 Å². The van der Waals surface area contributed by atoms with Crippen LogP contribution < -0.4 is 9.80 Å². The number of hydrogen-bond donors (Lipinski definition) is 0. The number of benzene rings is 2. The molecular weight excluding hydrogens is 291 g/mol. The molecule has 0 saturated heterocycles. The first kappa shape index (κ1) is 15.5. The van der Waals surface area contributed by atoms with Gasteiger partial charge in [-0.15, -0.1) is 0 Å². The lowest BCUT2D eigenvalue weighted by atomic mass is 10.0. The number of hydrogen-bond acceptors (Lipinski definition) is 2. The van der Waals surface area contributed by atoms with Gasteiger partial charge < -0.3 is 9.80 Å². The maximum absolute atomic E-state index is 14.2. The van der Waals surface area contributed by atoms with Gasteiger partial charge in [0.05, 0.1) is 5.69 Å². The molecule has 23 heavy (non-hydrogen) atoms. The van der Waals surface area contributed by atoms with Crippen LogP contribution in [-0.2, 0) is 6.42 Å². The van der Waals surface area contributed by atoms with Crippen LogP contribution in [-0.4, -0.2) is 26.0 Å². The molecule has 0 N–H and O–H groups in total. The van der Waals surface area contributed by atoms with E-state index in [1.54, 1.807) is 11.0 Å². The Kier molecular flexibility index (Phi) is 4.33. The third-order valence-corrected chi connectivity index (χ3v) is 4.44. The predicted octanol–water partition coefficient (Wildman–Crippen LogP) is 3.87. The Labute approximate surface area is 136 Å². The molecule has 1 heterocycles. The predicted molar refractivity (Wildman–Crippen MR) is 91.8 cm³/mol. The van der Waals surface area contributed by atoms with E-state index in [1.165, 1.54) is 6.07 Å². The van der Waals surface area contributed by atoms with Crippen LogP contribution in [0.5, 0.6) is 0 Å². The van der Waals surface area contributed by atoms with Crippen molar-refractivity contribution in [3.63, 3.8) is 0 Å². The SMILES string of the molecule is CCN(C)c1ccc(C(=O)N2CCCc3cccc(F)c32)cc1. The van der Waals surface area contributed by atoms with Gasteiger partial charge >= 0.3 is 0 Å². The molecular formula is C19H21FN2O. The Hall–Kier alpha value is -2.36. The van der Waals surface area contributed by atoms with E-state index in [1.807, 2.05) is 37.4 Å². The molecule has 0 saturated carbocycles. The summed E-state index contributed by atoms with van der Waals surface area (Å²) < 4.78 is 14.2. The third-order valence-electron chi connectivity index (χ3n) is 4.44. The van der Waals surface area contributed by atoms with Crippen LogP contribution >= 0.6 is 0 Å². The quantitative estimate of drug-likeness (QED) is 0.859. The van der Waals surface area contributed by atoms with Crippen molar-refractivity contribution >= 4 is 17.3 Å². The number of fused-ring (bicyclic) bond motifs is 1. The van der Waals surface area contributed by atoms with Gasteiger partial charge in [0.25, 0.3) is 5.91 Å². The highest BCUT2D eigenvalue weighted by molar-refractivity contribution is 6.07. The molecule has 120 valence electrons. The summed E-state index contributed by atoms with van der Waals surface area (Å²) in [5, 5.41) is 0. The molecule has 1 aliphatic rings. The molecule has 3 rings (SSSR count). The number of carbonyl (C=O) groups excluding carboxylic acids is 1. The molecule has 2 aromatic rings. The number of aryl methyl sites for hydroxylation is 1. The second-order valence-corrected chi connectivity index (χ2v) is 5.87. The number of rotatable bonds is 3. The Morgan fingerprint density at radius 2 is 1.96 bits per heavy atom. The van der Waals surface area contributed by atoms with E-state index >= 15 is 0 Å². The van der Waals surface area contributed by atoms with Gasteiger partial charge in [-0.2, -0.15) is 0 Å². The number of para-hydroxylation sites is 1. The summed E-state index contributed by atoms with van der Waals surface area (Å²) in [6.45, 7) is 3.54. The van der Waals surface area contributed by atoms with E-state index < -0.39 is 0 Å². The topological polar surface area (TPSA) is 23.6 Å². The first-order chi connectivity index (χ1) is 11.1. The van der Waals surface area contributed by atoms with Crippen molar-refractivity contribution in [1.29, 1.82) is 0 Å². The average Bonchev–Trinajstić information content (AvgIpc) is 2.60. The summed E-state index contributed by atoms with van der Waals surface area (Å²) in [6.07, 6.45) is 1.68. The molecule has 0 aliphatic carbocycles. The lowest BCUT2D eigenvalue weighted by Gasteiger charge is -2.30. The summed E-state index contributed by atoms with van der Waals surface area (Å²) in [7, 11) is 2.01. The lowest BCUT2D eigenvalue weighted by molar-refractivity contribution is 0.0984. The first-order valence-electron chi connectivity index (χ1n) is 8.02. The molecule has 0 fully saturated rings. The normalized spacial score (nSPS) is 13.6. The van der Waals surface area contributed by atoms with E-state index in [4.69, 9.17) is 0 Å². The van der Waals surface area contributed by atoms with Crippen molar-refractivity contribution in [1.82, 2.24) is 0 Å². The molecule has 4 heteroatoms. The second kappa shape index (κ2) is 6.41. The minimum absolute atomic E-state index is 0.137. The van der Waals surface area contributed by atoms with E-state index in [0.29, 0.717) is 17.8 Å². The number of nitrogens with zero attached hydrogens (tertiary/aromatic N) is 2. The molecule has 0 spiro atoms. The van der Waals surface area contributed by atoms with Crippen molar-refractivity contribution in [2.24, 2.45) is 0 Å². The zero-order valence-electron chi connectivity index (χ0n) is 13.6. The van der Waals surface area contributed by atoms with Gasteiger partial charge in [-0.1, -0.05) is 12.1 Å². The van der Waals surface area contributed by atoms with Crippen LogP contribution in [0.15, 0.2) is 42.5 Å². The number of halogens is 1. The lowest BCUT2D eigenvalue weighted by Crippen LogP contribution is -2.36. The number of carbonyl (C=O) groups is 1. The maximum Gasteiger partial charge on any atom is 0.258 e. The molecule has 0 aromatic heterocycles. The van der Waals surface area contributed by atoms with Gasteiger partial charge in [0, 0.05) is 31.4 Å².